The van der Waals surface area contributed by atoms with Crippen molar-refractivity contribution in [2.75, 3.05) is 6.54 Å². The zero-order valence-corrected chi connectivity index (χ0v) is 13.6. The molecule has 1 unspecified atom stereocenters. The molecule has 10 heteroatoms. The molecule has 0 spiro atoms. The minimum atomic E-state index is -1.24. The molecule has 1 aromatic heterocycles. The largest absolute Gasteiger partial charge is 0.301 e. The third-order valence-electron chi connectivity index (χ3n) is 3.28. The Hall–Kier alpha value is -1.91. The van der Waals surface area contributed by atoms with Gasteiger partial charge in [-0.1, -0.05) is 6.07 Å². The standard InChI is InChI=1S/C13H8BrF2N3O3S/c14-13-17-8(5-23-13)11-18(4-9(20)19(11)22)12(21)10-6(15)2-1-3-7(10)16/h1-3,5,11,22H,4H2. The normalized spacial score (nSPS) is 17.9. The molecule has 0 saturated carbocycles. The minimum absolute atomic E-state index is 0.209. The van der Waals surface area contributed by atoms with Crippen LogP contribution in [0.25, 0.3) is 0 Å². The van der Waals surface area contributed by atoms with Gasteiger partial charge in [-0.2, -0.15) is 5.06 Å². The van der Waals surface area contributed by atoms with Gasteiger partial charge in [-0.05, 0) is 28.1 Å². The molecule has 1 fully saturated rings. The van der Waals surface area contributed by atoms with Gasteiger partial charge in [-0.15, -0.1) is 11.3 Å². The predicted molar refractivity (Wildman–Crippen MR) is 78.6 cm³/mol. The van der Waals surface area contributed by atoms with Gasteiger partial charge in [0.25, 0.3) is 11.8 Å². The first-order valence-corrected chi connectivity index (χ1v) is 7.94. The lowest BCUT2D eigenvalue weighted by Gasteiger charge is -2.24. The number of rotatable bonds is 2. The van der Waals surface area contributed by atoms with Crippen molar-refractivity contribution < 1.29 is 23.6 Å². The van der Waals surface area contributed by atoms with Crippen molar-refractivity contribution in [2.24, 2.45) is 0 Å². The number of hydroxylamine groups is 2. The van der Waals surface area contributed by atoms with Crippen LogP contribution in [0.3, 0.4) is 0 Å². The van der Waals surface area contributed by atoms with Gasteiger partial charge in [0.05, 0.1) is 5.69 Å². The van der Waals surface area contributed by atoms with Crippen LogP contribution in [0.5, 0.6) is 0 Å². The molecule has 120 valence electrons. The smallest absolute Gasteiger partial charge is 0.268 e. The summed E-state index contributed by atoms with van der Waals surface area (Å²) < 4.78 is 28.1. The second kappa shape index (κ2) is 5.95. The van der Waals surface area contributed by atoms with Crippen molar-refractivity contribution in [3.05, 3.63) is 50.4 Å². The van der Waals surface area contributed by atoms with E-state index in [0.29, 0.717) is 8.98 Å². The van der Waals surface area contributed by atoms with Gasteiger partial charge in [-0.3, -0.25) is 14.8 Å². The summed E-state index contributed by atoms with van der Waals surface area (Å²) in [5.41, 5.74) is -0.574. The number of carbonyl (C=O) groups is 2. The number of carbonyl (C=O) groups excluding carboxylic acids is 2. The second-order valence-corrected chi connectivity index (χ2v) is 6.80. The van der Waals surface area contributed by atoms with Crippen LogP contribution in [0, 0.1) is 11.6 Å². The maximum atomic E-state index is 13.8. The molecule has 23 heavy (non-hydrogen) atoms. The summed E-state index contributed by atoms with van der Waals surface area (Å²) >= 11 is 4.32. The van der Waals surface area contributed by atoms with E-state index in [1.54, 1.807) is 0 Å². The third kappa shape index (κ3) is 2.73. The summed E-state index contributed by atoms with van der Waals surface area (Å²) in [6, 6.07) is 3.02. The highest BCUT2D eigenvalue weighted by molar-refractivity contribution is 9.11. The van der Waals surface area contributed by atoms with Gasteiger partial charge in [0.2, 0.25) is 0 Å². The van der Waals surface area contributed by atoms with Crippen LogP contribution >= 0.6 is 27.3 Å². The fraction of sp³-hybridized carbons (Fsp3) is 0.154. The Morgan fingerprint density at radius 2 is 2.04 bits per heavy atom. The number of hydrogen-bond acceptors (Lipinski definition) is 5. The van der Waals surface area contributed by atoms with Gasteiger partial charge in [0.1, 0.15) is 23.7 Å². The van der Waals surface area contributed by atoms with Crippen molar-refractivity contribution in [3.63, 3.8) is 0 Å². The molecule has 6 nitrogen and oxygen atoms in total. The van der Waals surface area contributed by atoms with Gasteiger partial charge in [-0.25, -0.2) is 13.8 Å². The number of benzene rings is 1. The zero-order chi connectivity index (χ0) is 16.7. The van der Waals surface area contributed by atoms with E-state index in [0.717, 1.165) is 23.1 Å². The summed E-state index contributed by atoms with van der Waals surface area (Å²) in [7, 11) is 0. The van der Waals surface area contributed by atoms with Crippen LogP contribution in [0.1, 0.15) is 22.2 Å². The topological polar surface area (TPSA) is 73.7 Å². The first kappa shape index (κ1) is 16.0. The van der Waals surface area contributed by atoms with E-state index in [4.69, 9.17) is 0 Å². The monoisotopic (exact) mass is 403 g/mol. The van der Waals surface area contributed by atoms with E-state index in [1.807, 2.05) is 0 Å². The van der Waals surface area contributed by atoms with Crippen LogP contribution in [0.15, 0.2) is 27.5 Å². The van der Waals surface area contributed by atoms with Crippen molar-refractivity contribution in [3.8, 4) is 0 Å². The summed E-state index contributed by atoms with van der Waals surface area (Å²) in [5, 5.41) is 11.7. The molecule has 1 saturated heterocycles. The number of nitrogens with zero attached hydrogens (tertiary/aromatic N) is 3. The lowest BCUT2D eigenvalue weighted by Crippen LogP contribution is -2.35. The zero-order valence-electron chi connectivity index (χ0n) is 11.2. The maximum absolute atomic E-state index is 13.8. The van der Waals surface area contributed by atoms with E-state index in [-0.39, 0.29) is 5.69 Å². The van der Waals surface area contributed by atoms with Crippen molar-refractivity contribution in [2.45, 2.75) is 6.17 Å². The SMILES string of the molecule is O=C1CN(C(=O)c2c(F)cccc2F)C(c2csc(Br)n2)N1O. The molecular weight excluding hydrogens is 396 g/mol. The molecule has 0 bridgehead atoms. The molecule has 1 aliphatic rings. The number of hydrogen-bond donors (Lipinski definition) is 1. The van der Waals surface area contributed by atoms with Crippen molar-refractivity contribution in [1.82, 2.24) is 14.9 Å². The number of aromatic nitrogens is 1. The molecule has 1 aliphatic heterocycles. The summed E-state index contributed by atoms with van der Waals surface area (Å²) in [6.45, 7) is -0.511. The minimum Gasteiger partial charge on any atom is -0.301 e. The maximum Gasteiger partial charge on any atom is 0.268 e. The first-order chi connectivity index (χ1) is 10.9. The Bertz CT molecular complexity index is 780. The number of thiazole rings is 1. The van der Waals surface area contributed by atoms with Gasteiger partial charge < -0.3 is 4.90 Å². The van der Waals surface area contributed by atoms with Crippen LogP contribution in [0.2, 0.25) is 0 Å². The molecule has 2 amide bonds. The van der Waals surface area contributed by atoms with E-state index in [2.05, 4.69) is 20.9 Å². The average molecular weight is 404 g/mol. The molecule has 0 aliphatic carbocycles. The molecule has 1 atom stereocenters. The Balaban J connectivity index is 2.03. The second-order valence-electron chi connectivity index (χ2n) is 4.67. The number of amides is 2. The van der Waals surface area contributed by atoms with Gasteiger partial charge in [0.15, 0.2) is 10.1 Å². The van der Waals surface area contributed by atoms with E-state index in [9.17, 15) is 23.6 Å². The predicted octanol–water partition coefficient (Wildman–Crippen LogP) is 2.56. The van der Waals surface area contributed by atoms with E-state index in [1.165, 1.54) is 16.7 Å². The molecule has 0 radical (unpaired) electrons. The summed E-state index contributed by atoms with van der Waals surface area (Å²) in [5.74, 6) is -3.90. The molecule has 1 aromatic carbocycles. The van der Waals surface area contributed by atoms with Crippen LogP contribution in [-0.2, 0) is 4.79 Å². The van der Waals surface area contributed by atoms with Crippen molar-refractivity contribution >= 4 is 39.1 Å². The van der Waals surface area contributed by atoms with E-state index < -0.39 is 41.7 Å². The van der Waals surface area contributed by atoms with Crippen LogP contribution in [-0.4, -0.2) is 38.5 Å². The molecule has 3 rings (SSSR count). The highest BCUT2D eigenvalue weighted by atomic mass is 79.9. The van der Waals surface area contributed by atoms with Crippen LogP contribution < -0.4 is 0 Å². The molecule has 1 N–H and O–H groups in total. The highest BCUT2D eigenvalue weighted by Crippen LogP contribution is 2.33. The van der Waals surface area contributed by atoms with Gasteiger partial charge in [0, 0.05) is 5.38 Å². The summed E-state index contributed by atoms with van der Waals surface area (Å²) in [4.78, 5) is 29.1. The lowest BCUT2D eigenvalue weighted by atomic mass is 10.1. The van der Waals surface area contributed by atoms with Crippen LogP contribution in [0.4, 0.5) is 8.78 Å². The Morgan fingerprint density at radius 1 is 1.39 bits per heavy atom. The molecule has 2 heterocycles. The van der Waals surface area contributed by atoms with E-state index >= 15 is 0 Å². The highest BCUT2D eigenvalue weighted by Gasteiger charge is 2.43. The Morgan fingerprint density at radius 3 is 2.61 bits per heavy atom. The fourth-order valence-corrected chi connectivity index (χ4v) is 3.30. The molecular formula is C13H8BrF2N3O3S. The first-order valence-electron chi connectivity index (χ1n) is 6.27. The molecule has 2 aromatic rings. The lowest BCUT2D eigenvalue weighted by molar-refractivity contribution is -0.169. The quantitative estimate of drug-likeness (QED) is 0.781. The van der Waals surface area contributed by atoms with Gasteiger partial charge >= 0.3 is 0 Å². The Labute approximate surface area is 141 Å². The Kier molecular flexibility index (Phi) is 4.13. The summed E-state index contributed by atoms with van der Waals surface area (Å²) in [6.07, 6.45) is -1.24. The number of halogens is 3. The average Bonchev–Trinajstić information content (AvgIpc) is 3.03. The fourth-order valence-electron chi connectivity index (χ4n) is 2.27. The third-order valence-corrected chi connectivity index (χ3v) is 4.67. The van der Waals surface area contributed by atoms with Crippen molar-refractivity contribution in [1.29, 1.82) is 0 Å².